The van der Waals surface area contributed by atoms with Crippen LogP contribution in [0.3, 0.4) is 0 Å². The van der Waals surface area contributed by atoms with Crippen molar-refractivity contribution in [2.75, 3.05) is 6.61 Å². The molecule has 0 aromatic heterocycles. The van der Waals surface area contributed by atoms with Crippen LogP contribution in [0.2, 0.25) is 0 Å². The molecule has 0 unspecified atom stereocenters. The molecule has 26 heavy (non-hydrogen) atoms. The van der Waals surface area contributed by atoms with E-state index in [-0.39, 0.29) is 13.0 Å². The topological polar surface area (TPSA) is 122 Å². The Balaban J connectivity index is 2.87. The molecule has 0 aliphatic rings. The number of carbonyl (C=O) groups excluding carboxylic acids is 3. The van der Waals surface area contributed by atoms with Crippen LogP contribution in [-0.4, -0.2) is 47.6 Å². The fourth-order valence-electron chi connectivity index (χ4n) is 2.21. The van der Waals surface area contributed by atoms with Gasteiger partial charge >= 0.3 is 11.9 Å². The van der Waals surface area contributed by atoms with E-state index in [0.29, 0.717) is 5.56 Å². The molecule has 0 saturated heterocycles. The average molecular weight is 368 g/mol. The summed E-state index contributed by atoms with van der Waals surface area (Å²) < 4.78 is 18.0. The minimum atomic E-state index is -1.51. The second kappa shape index (κ2) is 10.1. The third-order valence-electron chi connectivity index (χ3n) is 3.31. The van der Waals surface area contributed by atoms with Gasteiger partial charge in [-0.15, -0.1) is 0 Å². The summed E-state index contributed by atoms with van der Waals surface area (Å²) in [5.41, 5.74) is 0.441. The number of carbonyl (C=O) groups is 4. The van der Waals surface area contributed by atoms with Gasteiger partial charge in [0.1, 0.15) is 17.9 Å². The molecule has 3 N–H and O–H groups in total. The summed E-state index contributed by atoms with van der Waals surface area (Å²) in [6.45, 7) is 2.84. The smallest absolute Gasteiger partial charge is 0.326 e. The lowest BCUT2D eigenvalue weighted by Gasteiger charge is -2.21. The number of hydrogen-bond acceptors (Lipinski definition) is 5. The number of aliphatic carboxylic acids is 1. The molecule has 0 spiro atoms. The Morgan fingerprint density at radius 1 is 1.19 bits per heavy atom. The van der Waals surface area contributed by atoms with Gasteiger partial charge in [-0.25, -0.2) is 9.18 Å². The normalized spacial score (nSPS) is 12.6. The molecule has 0 aliphatic heterocycles. The highest BCUT2D eigenvalue weighted by molar-refractivity contribution is 5.91. The molecule has 1 aromatic carbocycles. The van der Waals surface area contributed by atoms with Crippen LogP contribution in [0.1, 0.15) is 25.8 Å². The number of amides is 2. The largest absolute Gasteiger partial charge is 0.480 e. The number of esters is 1. The fraction of sp³-hybridized carbons (Fsp3) is 0.412. The first-order valence-corrected chi connectivity index (χ1v) is 7.93. The van der Waals surface area contributed by atoms with Crippen molar-refractivity contribution in [2.45, 2.75) is 38.8 Å². The van der Waals surface area contributed by atoms with Crippen LogP contribution in [0.25, 0.3) is 0 Å². The Kier molecular flexibility index (Phi) is 8.20. The van der Waals surface area contributed by atoms with Crippen LogP contribution in [0.5, 0.6) is 0 Å². The Labute approximate surface area is 149 Å². The number of carboxylic acids is 1. The van der Waals surface area contributed by atoms with Crippen molar-refractivity contribution < 1.29 is 33.4 Å². The van der Waals surface area contributed by atoms with E-state index >= 15 is 0 Å². The lowest BCUT2D eigenvalue weighted by atomic mass is 10.0. The van der Waals surface area contributed by atoms with E-state index in [4.69, 9.17) is 5.11 Å². The van der Waals surface area contributed by atoms with Gasteiger partial charge in [-0.05, 0) is 24.6 Å². The second-order valence-corrected chi connectivity index (χ2v) is 5.50. The molecule has 0 heterocycles. The van der Waals surface area contributed by atoms with Gasteiger partial charge in [0.15, 0.2) is 0 Å². The lowest BCUT2D eigenvalue weighted by molar-refractivity contribution is -0.150. The zero-order valence-corrected chi connectivity index (χ0v) is 14.5. The summed E-state index contributed by atoms with van der Waals surface area (Å²) in [5, 5.41) is 13.8. The maximum atomic E-state index is 13.3. The van der Waals surface area contributed by atoms with Gasteiger partial charge in [0.05, 0.1) is 13.0 Å². The van der Waals surface area contributed by atoms with Crippen molar-refractivity contribution in [1.82, 2.24) is 10.6 Å². The van der Waals surface area contributed by atoms with E-state index in [1.807, 2.05) is 0 Å². The maximum Gasteiger partial charge on any atom is 0.326 e. The van der Waals surface area contributed by atoms with Crippen molar-refractivity contribution in [3.63, 3.8) is 0 Å². The van der Waals surface area contributed by atoms with Gasteiger partial charge in [-0.1, -0.05) is 12.1 Å². The first-order valence-electron chi connectivity index (χ1n) is 7.93. The Morgan fingerprint density at radius 3 is 2.42 bits per heavy atom. The van der Waals surface area contributed by atoms with Crippen LogP contribution < -0.4 is 10.6 Å². The number of ether oxygens (including phenoxy) is 1. The third-order valence-corrected chi connectivity index (χ3v) is 3.31. The highest BCUT2D eigenvalue weighted by Gasteiger charge is 2.28. The Hall–Kier alpha value is -2.97. The number of nitrogens with one attached hydrogen (secondary N) is 2. The van der Waals surface area contributed by atoms with Crippen molar-refractivity contribution in [1.29, 1.82) is 0 Å². The molecule has 142 valence electrons. The first-order chi connectivity index (χ1) is 12.2. The summed E-state index contributed by atoms with van der Waals surface area (Å²) in [6, 6.07) is 2.82. The first kappa shape index (κ1) is 21.1. The summed E-state index contributed by atoms with van der Waals surface area (Å²) in [4.78, 5) is 46.5. The van der Waals surface area contributed by atoms with E-state index < -0.39 is 48.1 Å². The number of hydrogen-bond donors (Lipinski definition) is 3. The molecule has 0 fully saturated rings. The van der Waals surface area contributed by atoms with Crippen LogP contribution in [0, 0.1) is 5.82 Å². The Morgan fingerprint density at radius 2 is 1.88 bits per heavy atom. The highest BCUT2D eigenvalue weighted by atomic mass is 19.1. The van der Waals surface area contributed by atoms with E-state index in [1.165, 1.54) is 25.1 Å². The molecular formula is C17H21FN2O6. The van der Waals surface area contributed by atoms with Crippen molar-refractivity contribution in [2.24, 2.45) is 0 Å². The minimum absolute atomic E-state index is 0.0467. The van der Waals surface area contributed by atoms with Crippen LogP contribution in [0.4, 0.5) is 4.39 Å². The SMILES string of the molecule is CCOC(=O)C[C@H](NC(=O)[C@H](Cc1cccc(F)c1)NC(C)=O)C(=O)O. The van der Waals surface area contributed by atoms with Crippen molar-refractivity contribution in [3.8, 4) is 0 Å². The third kappa shape index (κ3) is 7.29. The van der Waals surface area contributed by atoms with Crippen LogP contribution in [0.15, 0.2) is 24.3 Å². The van der Waals surface area contributed by atoms with Crippen LogP contribution in [-0.2, 0) is 30.3 Å². The summed E-state index contributed by atoms with van der Waals surface area (Å²) in [5.74, 6) is -4.02. The Bertz CT molecular complexity index is 679. The molecule has 2 amide bonds. The standard InChI is InChI=1S/C17H21FN2O6/c1-3-26-15(22)9-14(17(24)25)20-16(23)13(19-10(2)21)8-11-5-4-6-12(18)7-11/h4-7,13-14H,3,8-9H2,1-2H3,(H,19,21)(H,20,23)(H,24,25)/t13-,14-/m0/s1. The molecule has 2 atom stereocenters. The van der Waals surface area contributed by atoms with E-state index in [0.717, 1.165) is 0 Å². The predicted molar refractivity (Wildman–Crippen MR) is 88.5 cm³/mol. The minimum Gasteiger partial charge on any atom is -0.480 e. The number of benzene rings is 1. The van der Waals surface area contributed by atoms with Crippen molar-refractivity contribution >= 4 is 23.8 Å². The second-order valence-electron chi connectivity index (χ2n) is 5.50. The molecule has 0 bridgehead atoms. The summed E-state index contributed by atoms with van der Waals surface area (Å²) >= 11 is 0. The molecule has 0 radical (unpaired) electrons. The van der Waals surface area contributed by atoms with Gasteiger partial charge in [-0.2, -0.15) is 0 Å². The van der Waals surface area contributed by atoms with Gasteiger partial charge in [-0.3, -0.25) is 14.4 Å². The zero-order valence-electron chi connectivity index (χ0n) is 14.5. The highest BCUT2D eigenvalue weighted by Crippen LogP contribution is 2.08. The molecule has 0 aliphatic carbocycles. The van der Waals surface area contributed by atoms with Gasteiger partial charge in [0.2, 0.25) is 11.8 Å². The van der Waals surface area contributed by atoms with E-state index in [1.54, 1.807) is 13.0 Å². The van der Waals surface area contributed by atoms with Gasteiger partial charge in [0.25, 0.3) is 0 Å². The van der Waals surface area contributed by atoms with E-state index in [9.17, 15) is 23.6 Å². The molecule has 1 aromatic rings. The fourth-order valence-corrected chi connectivity index (χ4v) is 2.21. The maximum absolute atomic E-state index is 13.3. The number of rotatable bonds is 9. The molecule has 9 heteroatoms. The van der Waals surface area contributed by atoms with Gasteiger partial charge in [0, 0.05) is 13.3 Å². The average Bonchev–Trinajstić information content (AvgIpc) is 2.53. The van der Waals surface area contributed by atoms with E-state index in [2.05, 4.69) is 15.4 Å². The molecule has 1 rings (SSSR count). The van der Waals surface area contributed by atoms with Crippen LogP contribution >= 0.6 is 0 Å². The lowest BCUT2D eigenvalue weighted by Crippen LogP contribution is -2.52. The monoisotopic (exact) mass is 368 g/mol. The summed E-state index contributed by atoms with van der Waals surface area (Å²) in [6.07, 6.45) is -0.601. The molecular weight excluding hydrogens is 347 g/mol. The number of carboxylic acid groups (broad SMARTS) is 1. The summed E-state index contributed by atoms with van der Waals surface area (Å²) in [7, 11) is 0. The predicted octanol–water partition coefficient (Wildman–Crippen LogP) is 0.395. The molecule has 8 nitrogen and oxygen atoms in total. The van der Waals surface area contributed by atoms with Crippen molar-refractivity contribution in [3.05, 3.63) is 35.6 Å². The quantitative estimate of drug-likeness (QED) is 0.542. The zero-order chi connectivity index (χ0) is 19.7. The van der Waals surface area contributed by atoms with Gasteiger partial charge < -0.3 is 20.5 Å². The number of halogens is 1. The molecule has 0 saturated carbocycles.